The second-order valence-corrected chi connectivity index (χ2v) is 10.8. The minimum atomic E-state index is -0.950. The fraction of sp³-hybridized carbons (Fsp3) is 0.250. The second kappa shape index (κ2) is 12.9. The number of hydrogen-bond acceptors (Lipinski definition) is 8. The van der Waals surface area contributed by atoms with Gasteiger partial charge in [-0.3, -0.25) is 9.59 Å². The summed E-state index contributed by atoms with van der Waals surface area (Å²) in [6.07, 6.45) is 0. The summed E-state index contributed by atoms with van der Waals surface area (Å²) in [4.78, 5) is 38.7. The van der Waals surface area contributed by atoms with E-state index in [0.717, 1.165) is 22.5 Å². The lowest BCUT2D eigenvalue weighted by atomic mass is 10.0. The zero-order valence-electron chi connectivity index (χ0n) is 23.9. The van der Waals surface area contributed by atoms with Crippen molar-refractivity contribution < 1.29 is 23.8 Å². The molecule has 4 aromatic rings. The molecule has 2 heterocycles. The molecule has 0 bridgehead atoms. The van der Waals surface area contributed by atoms with E-state index in [9.17, 15) is 9.59 Å². The van der Waals surface area contributed by atoms with Crippen LogP contribution in [0.25, 0.3) is 0 Å². The first-order valence-corrected chi connectivity index (χ1v) is 14.4. The molecule has 0 saturated heterocycles. The highest BCUT2D eigenvalue weighted by Crippen LogP contribution is 2.35. The van der Waals surface area contributed by atoms with E-state index in [2.05, 4.69) is 15.3 Å². The average Bonchev–Trinajstić information content (AvgIpc) is 3.44. The van der Waals surface area contributed by atoms with Crippen LogP contribution in [0.4, 0.5) is 5.69 Å². The number of thioether (sulfide) groups is 1. The zero-order valence-corrected chi connectivity index (χ0v) is 24.7. The molecule has 1 N–H and O–H groups in total. The number of aromatic nitrogens is 2. The molecule has 0 spiro atoms. The molecular weight excluding hydrogens is 552 g/mol. The molecule has 1 aromatic heterocycles. The Hall–Kier alpha value is -4.57. The highest BCUT2D eigenvalue weighted by Gasteiger charge is 2.32. The predicted octanol–water partition coefficient (Wildman–Crippen LogP) is 5.64. The number of benzene rings is 3. The molecule has 1 aliphatic rings. The normalized spacial score (nSPS) is 12.5. The number of fused-ring (bicyclic) bond motifs is 1. The molecule has 10 heteroatoms. The van der Waals surface area contributed by atoms with Crippen LogP contribution in [-0.2, 0) is 16.1 Å². The van der Waals surface area contributed by atoms with Gasteiger partial charge in [0.15, 0.2) is 16.7 Å². The summed E-state index contributed by atoms with van der Waals surface area (Å²) in [5.74, 6) is 1.26. The number of amides is 2. The molecule has 0 fully saturated rings. The fourth-order valence-corrected chi connectivity index (χ4v) is 5.54. The largest absolute Gasteiger partial charge is 0.497 e. The Kier molecular flexibility index (Phi) is 8.92. The molecule has 9 nitrogen and oxygen atoms in total. The Balaban J connectivity index is 1.50. The number of methoxy groups -OCH3 is 1. The minimum Gasteiger partial charge on any atom is -0.497 e. The van der Waals surface area contributed by atoms with Crippen LogP contribution in [-0.4, -0.2) is 46.3 Å². The number of nitrogens with one attached hydrogen (secondary N) is 1. The van der Waals surface area contributed by atoms with Crippen LogP contribution in [0.1, 0.15) is 34.1 Å². The van der Waals surface area contributed by atoms with E-state index in [1.807, 2.05) is 51.1 Å². The van der Waals surface area contributed by atoms with E-state index in [0.29, 0.717) is 33.7 Å². The van der Waals surface area contributed by atoms with Gasteiger partial charge in [0.2, 0.25) is 12.7 Å². The number of ether oxygens (including phenoxy) is 3. The molecule has 0 unspecified atom stereocenters. The summed E-state index contributed by atoms with van der Waals surface area (Å²) in [5, 5.41) is 3.51. The topological polar surface area (TPSA) is 103 Å². The van der Waals surface area contributed by atoms with Gasteiger partial charge < -0.3 is 24.4 Å². The summed E-state index contributed by atoms with van der Waals surface area (Å²) < 4.78 is 16.3. The highest BCUT2D eigenvalue weighted by molar-refractivity contribution is 7.99. The van der Waals surface area contributed by atoms with Gasteiger partial charge in [-0.15, -0.1) is 0 Å². The number of rotatable bonds is 10. The third kappa shape index (κ3) is 6.83. The van der Waals surface area contributed by atoms with Gasteiger partial charge in [0.25, 0.3) is 5.91 Å². The maximum absolute atomic E-state index is 14.1. The number of nitrogens with zero attached hydrogens (tertiary/aromatic N) is 3. The lowest BCUT2D eigenvalue weighted by Gasteiger charge is -2.32. The van der Waals surface area contributed by atoms with Gasteiger partial charge in [-0.2, -0.15) is 0 Å². The van der Waals surface area contributed by atoms with Crippen molar-refractivity contribution in [2.75, 3.05) is 25.0 Å². The molecule has 0 saturated carbocycles. The Labute approximate surface area is 249 Å². The van der Waals surface area contributed by atoms with Crippen LogP contribution in [0.5, 0.6) is 17.2 Å². The zero-order chi connectivity index (χ0) is 29.6. The lowest BCUT2D eigenvalue weighted by Crippen LogP contribution is -2.42. The molecule has 1 atom stereocenters. The van der Waals surface area contributed by atoms with Crippen molar-refractivity contribution in [2.24, 2.45) is 0 Å². The van der Waals surface area contributed by atoms with Crippen molar-refractivity contribution in [3.63, 3.8) is 0 Å². The molecule has 3 aromatic carbocycles. The van der Waals surface area contributed by atoms with E-state index in [4.69, 9.17) is 14.2 Å². The SMILES string of the molecule is COc1ccc([C@H](C(=O)Nc2ccc3c(c2)OCO3)N(Cc2ccccc2C)C(=O)CSc2nc(C)cc(C)n2)cc1. The molecule has 5 rings (SSSR count). The summed E-state index contributed by atoms with van der Waals surface area (Å²) in [5.41, 5.74) is 4.78. The lowest BCUT2D eigenvalue weighted by molar-refractivity contribution is -0.137. The molecule has 2 amide bonds. The standard InChI is InChI=1S/C32H32N4O5S/c1-20-7-5-6-8-24(20)17-36(29(37)18-42-32-33-21(2)15-22(3)34-32)30(23-9-12-26(39-4)13-10-23)31(38)35-25-11-14-27-28(16-25)41-19-40-27/h5-16,30H,17-19H2,1-4H3,(H,35,38)/t30-/m1/s1. The van der Waals surface area contributed by atoms with E-state index in [1.165, 1.54) is 11.8 Å². The van der Waals surface area contributed by atoms with Crippen LogP contribution < -0.4 is 19.5 Å². The van der Waals surface area contributed by atoms with Gasteiger partial charge in [-0.05, 0) is 67.8 Å². The first-order valence-electron chi connectivity index (χ1n) is 13.4. The van der Waals surface area contributed by atoms with Crippen LogP contribution in [0.15, 0.2) is 78.0 Å². The molecular formula is C32H32N4O5S. The van der Waals surface area contributed by atoms with Gasteiger partial charge in [-0.1, -0.05) is 48.2 Å². The number of carbonyl (C=O) groups is 2. The number of aryl methyl sites for hydroxylation is 3. The van der Waals surface area contributed by atoms with Crippen molar-refractivity contribution in [1.29, 1.82) is 0 Å². The van der Waals surface area contributed by atoms with Gasteiger partial charge in [0.1, 0.15) is 11.8 Å². The van der Waals surface area contributed by atoms with E-state index >= 15 is 0 Å². The van der Waals surface area contributed by atoms with Crippen LogP contribution >= 0.6 is 11.8 Å². The summed E-state index contributed by atoms with van der Waals surface area (Å²) in [6.45, 7) is 6.13. The number of hydrogen-bond donors (Lipinski definition) is 1. The van der Waals surface area contributed by atoms with E-state index in [1.54, 1.807) is 54.5 Å². The number of anilines is 1. The Morgan fingerprint density at radius 1 is 0.952 bits per heavy atom. The number of carbonyl (C=O) groups excluding carboxylic acids is 2. The molecule has 0 aliphatic carbocycles. The van der Waals surface area contributed by atoms with Gasteiger partial charge in [0.05, 0.1) is 12.9 Å². The van der Waals surface area contributed by atoms with E-state index in [-0.39, 0.29) is 30.9 Å². The third-order valence-corrected chi connectivity index (χ3v) is 7.67. The Morgan fingerprint density at radius 2 is 1.67 bits per heavy atom. The average molecular weight is 585 g/mol. The van der Waals surface area contributed by atoms with Crippen molar-refractivity contribution >= 4 is 29.3 Å². The summed E-state index contributed by atoms with van der Waals surface area (Å²) in [7, 11) is 1.58. The summed E-state index contributed by atoms with van der Waals surface area (Å²) >= 11 is 1.25. The van der Waals surface area contributed by atoms with Crippen molar-refractivity contribution in [1.82, 2.24) is 14.9 Å². The first-order chi connectivity index (χ1) is 20.3. The smallest absolute Gasteiger partial charge is 0.251 e. The van der Waals surface area contributed by atoms with Crippen molar-refractivity contribution in [2.45, 2.75) is 38.5 Å². The fourth-order valence-electron chi connectivity index (χ4n) is 4.71. The Morgan fingerprint density at radius 3 is 2.38 bits per heavy atom. The second-order valence-electron chi connectivity index (χ2n) is 9.90. The van der Waals surface area contributed by atoms with Crippen LogP contribution in [0, 0.1) is 20.8 Å². The molecule has 1 aliphatic heterocycles. The van der Waals surface area contributed by atoms with Crippen LogP contribution in [0.3, 0.4) is 0 Å². The van der Waals surface area contributed by atoms with Crippen molar-refractivity contribution in [3.8, 4) is 17.2 Å². The molecule has 0 radical (unpaired) electrons. The van der Waals surface area contributed by atoms with E-state index < -0.39 is 6.04 Å². The van der Waals surface area contributed by atoms with Crippen molar-refractivity contribution in [3.05, 3.63) is 101 Å². The first kappa shape index (κ1) is 28.9. The minimum absolute atomic E-state index is 0.0543. The predicted molar refractivity (Wildman–Crippen MR) is 161 cm³/mol. The monoisotopic (exact) mass is 584 g/mol. The quantitative estimate of drug-likeness (QED) is 0.189. The van der Waals surface area contributed by atoms with Gasteiger partial charge in [-0.25, -0.2) is 9.97 Å². The van der Waals surface area contributed by atoms with Crippen LogP contribution in [0.2, 0.25) is 0 Å². The molecule has 42 heavy (non-hydrogen) atoms. The van der Waals surface area contributed by atoms with Gasteiger partial charge >= 0.3 is 0 Å². The third-order valence-electron chi connectivity index (χ3n) is 6.84. The maximum Gasteiger partial charge on any atom is 0.251 e. The highest BCUT2D eigenvalue weighted by atomic mass is 32.2. The molecule has 216 valence electrons. The maximum atomic E-state index is 14.1. The summed E-state index contributed by atoms with van der Waals surface area (Å²) in [6, 6.07) is 21.2. The Bertz CT molecular complexity index is 1570. The van der Waals surface area contributed by atoms with Gasteiger partial charge in [0, 0.05) is 29.7 Å².